The van der Waals surface area contributed by atoms with E-state index in [-0.39, 0.29) is 18.2 Å². The van der Waals surface area contributed by atoms with Crippen molar-refractivity contribution in [1.82, 2.24) is 4.98 Å². The number of ether oxygens (including phenoxy) is 2. The molecule has 0 aliphatic rings. The minimum absolute atomic E-state index is 0.123. The molecule has 1 heterocycles. The summed E-state index contributed by atoms with van der Waals surface area (Å²) in [5, 5.41) is 7.77. The van der Waals surface area contributed by atoms with Crippen molar-refractivity contribution in [2.75, 3.05) is 24.9 Å². The number of hydrogen-bond acceptors (Lipinski definition) is 6. The fourth-order valence-corrected chi connectivity index (χ4v) is 3.49. The normalized spacial score (nSPS) is 10.4. The van der Waals surface area contributed by atoms with Crippen molar-refractivity contribution in [3.8, 4) is 11.5 Å². The van der Waals surface area contributed by atoms with Gasteiger partial charge in [0.1, 0.15) is 0 Å². The monoisotopic (exact) mass is 425 g/mol. The Morgan fingerprint density at radius 2 is 1.73 bits per heavy atom. The van der Waals surface area contributed by atoms with Gasteiger partial charge in [-0.3, -0.25) is 14.9 Å². The van der Waals surface area contributed by atoms with E-state index in [1.54, 1.807) is 23.6 Å². The lowest BCUT2D eigenvalue weighted by Gasteiger charge is -2.09. The lowest BCUT2D eigenvalue weighted by atomic mass is 10.1. The number of hydrogen-bond donors (Lipinski definition) is 2. The van der Waals surface area contributed by atoms with E-state index in [9.17, 15) is 9.59 Å². The second-order valence-electron chi connectivity index (χ2n) is 6.44. The molecular formula is C22H23N3O4S. The molecule has 1 aromatic heterocycles. The van der Waals surface area contributed by atoms with Crippen LogP contribution in [-0.4, -0.2) is 31.0 Å². The first-order valence-electron chi connectivity index (χ1n) is 9.39. The summed E-state index contributed by atoms with van der Waals surface area (Å²) in [7, 11) is 3.04. The van der Waals surface area contributed by atoms with Crippen molar-refractivity contribution in [3.05, 3.63) is 64.7 Å². The number of benzene rings is 2. The summed E-state index contributed by atoms with van der Waals surface area (Å²) < 4.78 is 10.4. The average molecular weight is 426 g/mol. The van der Waals surface area contributed by atoms with Gasteiger partial charge < -0.3 is 14.8 Å². The van der Waals surface area contributed by atoms with E-state index in [0.717, 1.165) is 12.1 Å². The molecule has 0 bridgehead atoms. The number of aromatic nitrogens is 1. The van der Waals surface area contributed by atoms with Crippen LogP contribution in [0.4, 0.5) is 10.8 Å². The first-order valence-corrected chi connectivity index (χ1v) is 10.3. The van der Waals surface area contributed by atoms with E-state index in [2.05, 4.69) is 22.5 Å². The molecule has 0 saturated carbocycles. The average Bonchev–Trinajstić information content (AvgIpc) is 3.20. The molecule has 0 aliphatic heterocycles. The Balaban J connectivity index is 1.59. The molecule has 8 heteroatoms. The molecule has 0 atom stereocenters. The van der Waals surface area contributed by atoms with E-state index in [0.29, 0.717) is 27.9 Å². The Hall–Kier alpha value is -3.39. The molecule has 30 heavy (non-hydrogen) atoms. The summed E-state index contributed by atoms with van der Waals surface area (Å²) >= 11 is 1.26. The Morgan fingerprint density at radius 1 is 1.00 bits per heavy atom. The first kappa shape index (κ1) is 21.3. The topological polar surface area (TPSA) is 89.6 Å². The lowest BCUT2D eigenvalue weighted by molar-refractivity contribution is -0.115. The molecule has 156 valence electrons. The summed E-state index contributed by atoms with van der Waals surface area (Å²) in [6, 6.07) is 12.6. The van der Waals surface area contributed by atoms with Crippen LogP contribution in [-0.2, 0) is 17.6 Å². The third-order valence-corrected chi connectivity index (χ3v) is 5.21. The third kappa shape index (κ3) is 5.36. The summed E-state index contributed by atoms with van der Waals surface area (Å²) in [5.74, 6) is 0.522. The van der Waals surface area contributed by atoms with Crippen LogP contribution in [0.3, 0.4) is 0 Å². The summed E-state index contributed by atoms with van der Waals surface area (Å²) in [6.45, 7) is 2.08. The van der Waals surface area contributed by atoms with Crippen LogP contribution in [0, 0.1) is 0 Å². The minimum atomic E-state index is -0.322. The van der Waals surface area contributed by atoms with Crippen molar-refractivity contribution in [2.45, 2.75) is 19.8 Å². The van der Waals surface area contributed by atoms with Crippen LogP contribution in [0.1, 0.15) is 28.5 Å². The standard InChI is InChI=1S/C22H23N3O4S/c1-4-14-5-8-16(9-6-14)23-20(26)12-17-13-30-22(24-17)25-21(27)15-7-10-18(28-2)19(11-15)29-3/h5-11,13H,4,12H2,1-3H3,(H,23,26)(H,24,25,27). The molecular weight excluding hydrogens is 402 g/mol. The van der Waals surface area contributed by atoms with Gasteiger partial charge in [-0.25, -0.2) is 4.98 Å². The van der Waals surface area contributed by atoms with Gasteiger partial charge in [0.25, 0.3) is 5.91 Å². The molecule has 0 spiro atoms. The Morgan fingerprint density at radius 3 is 2.40 bits per heavy atom. The minimum Gasteiger partial charge on any atom is -0.493 e. The third-order valence-electron chi connectivity index (χ3n) is 4.41. The van der Waals surface area contributed by atoms with Crippen molar-refractivity contribution < 1.29 is 19.1 Å². The van der Waals surface area contributed by atoms with Crippen LogP contribution < -0.4 is 20.1 Å². The van der Waals surface area contributed by atoms with Crippen LogP contribution in [0.15, 0.2) is 47.8 Å². The van der Waals surface area contributed by atoms with Crippen molar-refractivity contribution in [1.29, 1.82) is 0 Å². The zero-order chi connectivity index (χ0) is 21.5. The van der Waals surface area contributed by atoms with Gasteiger partial charge in [0.2, 0.25) is 5.91 Å². The van der Waals surface area contributed by atoms with Gasteiger partial charge in [0, 0.05) is 16.6 Å². The molecule has 0 unspecified atom stereocenters. The summed E-state index contributed by atoms with van der Waals surface area (Å²) in [4.78, 5) is 29.1. The quantitative estimate of drug-likeness (QED) is 0.566. The zero-order valence-electron chi connectivity index (χ0n) is 17.0. The van der Waals surface area contributed by atoms with Gasteiger partial charge >= 0.3 is 0 Å². The highest BCUT2D eigenvalue weighted by Crippen LogP contribution is 2.28. The molecule has 3 rings (SSSR count). The fraction of sp³-hybridized carbons (Fsp3) is 0.227. The molecule has 3 aromatic rings. The van der Waals surface area contributed by atoms with Crippen molar-refractivity contribution in [3.63, 3.8) is 0 Å². The fourth-order valence-electron chi connectivity index (χ4n) is 2.79. The highest BCUT2D eigenvalue weighted by Gasteiger charge is 2.14. The number of amides is 2. The maximum absolute atomic E-state index is 12.5. The van der Waals surface area contributed by atoms with Gasteiger partial charge in [0.15, 0.2) is 16.6 Å². The van der Waals surface area contributed by atoms with Gasteiger partial charge in [-0.1, -0.05) is 19.1 Å². The molecule has 0 radical (unpaired) electrons. The molecule has 0 fully saturated rings. The summed E-state index contributed by atoms with van der Waals surface area (Å²) in [5.41, 5.74) is 2.96. The molecule has 2 amide bonds. The predicted molar refractivity (Wildman–Crippen MR) is 118 cm³/mol. The molecule has 2 aromatic carbocycles. The zero-order valence-corrected chi connectivity index (χ0v) is 17.8. The lowest BCUT2D eigenvalue weighted by Crippen LogP contribution is -2.15. The molecule has 7 nitrogen and oxygen atoms in total. The largest absolute Gasteiger partial charge is 0.493 e. The predicted octanol–water partition coefficient (Wildman–Crippen LogP) is 4.16. The number of carbonyl (C=O) groups excluding carboxylic acids is 2. The summed E-state index contributed by atoms with van der Waals surface area (Å²) in [6.07, 6.45) is 1.07. The number of aryl methyl sites for hydroxylation is 1. The van der Waals surface area contributed by atoms with Gasteiger partial charge in [-0.2, -0.15) is 0 Å². The van der Waals surface area contributed by atoms with E-state index in [1.807, 2.05) is 24.3 Å². The van der Waals surface area contributed by atoms with E-state index in [4.69, 9.17) is 9.47 Å². The molecule has 0 saturated heterocycles. The molecule has 0 aliphatic carbocycles. The Kier molecular flexibility index (Phi) is 7.03. The number of nitrogens with one attached hydrogen (secondary N) is 2. The van der Waals surface area contributed by atoms with Crippen molar-refractivity contribution in [2.24, 2.45) is 0 Å². The molecule has 2 N–H and O–H groups in total. The van der Waals surface area contributed by atoms with Gasteiger partial charge in [-0.15, -0.1) is 11.3 Å². The number of rotatable bonds is 8. The number of nitrogens with zero attached hydrogens (tertiary/aromatic N) is 1. The number of methoxy groups -OCH3 is 2. The maximum Gasteiger partial charge on any atom is 0.257 e. The van der Waals surface area contributed by atoms with Crippen LogP contribution in [0.25, 0.3) is 0 Å². The van der Waals surface area contributed by atoms with E-state index in [1.165, 1.54) is 31.1 Å². The number of thiazole rings is 1. The maximum atomic E-state index is 12.5. The Labute approximate surface area is 179 Å². The highest BCUT2D eigenvalue weighted by atomic mass is 32.1. The second kappa shape index (κ2) is 9.89. The van der Waals surface area contributed by atoms with Gasteiger partial charge in [0.05, 0.1) is 26.3 Å². The number of carbonyl (C=O) groups is 2. The van der Waals surface area contributed by atoms with Crippen molar-refractivity contribution >= 4 is 34.0 Å². The highest BCUT2D eigenvalue weighted by molar-refractivity contribution is 7.14. The van der Waals surface area contributed by atoms with Gasteiger partial charge in [-0.05, 0) is 42.3 Å². The smallest absolute Gasteiger partial charge is 0.257 e. The number of anilines is 2. The second-order valence-corrected chi connectivity index (χ2v) is 7.30. The van der Waals surface area contributed by atoms with E-state index >= 15 is 0 Å². The SMILES string of the molecule is CCc1ccc(NC(=O)Cc2csc(NC(=O)c3ccc(OC)c(OC)c3)n2)cc1. The Bertz CT molecular complexity index is 1030. The van der Waals surface area contributed by atoms with Crippen LogP contribution in [0.5, 0.6) is 11.5 Å². The van der Waals surface area contributed by atoms with E-state index < -0.39 is 0 Å². The first-order chi connectivity index (χ1) is 14.5. The van der Waals surface area contributed by atoms with Crippen LogP contribution >= 0.6 is 11.3 Å². The van der Waals surface area contributed by atoms with Crippen LogP contribution in [0.2, 0.25) is 0 Å².